The van der Waals surface area contributed by atoms with Gasteiger partial charge in [0.2, 0.25) is 0 Å². The van der Waals surface area contributed by atoms with Gasteiger partial charge in [0, 0.05) is 22.9 Å². The molecular weight excluding hydrogens is 192 g/mol. The summed E-state index contributed by atoms with van der Waals surface area (Å²) in [5, 5.41) is 0. The van der Waals surface area contributed by atoms with Crippen LogP contribution in [0.15, 0.2) is 23.1 Å². The average molecular weight is 210 g/mol. The van der Waals surface area contributed by atoms with Crippen LogP contribution in [-0.4, -0.2) is 31.3 Å². The van der Waals surface area contributed by atoms with Crippen molar-refractivity contribution in [3.63, 3.8) is 0 Å². The third-order valence-corrected chi connectivity index (χ3v) is 3.02. The summed E-state index contributed by atoms with van der Waals surface area (Å²) in [6.07, 6.45) is 0. The van der Waals surface area contributed by atoms with E-state index in [9.17, 15) is 0 Å². The normalized spacial score (nSPS) is 10.9. The molecule has 0 aliphatic carbocycles. The predicted octanol–water partition coefficient (Wildman–Crippen LogP) is 2.23. The molecule has 0 amide bonds. The summed E-state index contributed by atoms with van der Waals surface area (Å²) >= 11 is 1.82. The Morgan fingerprint density at radius 1 is 1.36 bits per heavy atom. The van der Waals surface area contributed by atoms with Gasteiger partial charge in [-0.1, -0.05) is 6.07 Å². The van der Waals surface area contributed by atoms with Gasteiger partial charge in [0.15, 0.2) is 0 Å². The van der Waals surface area contributed by atoms with Gasteiger partial charge in [0.05, 0.1) is 0 Å². The fourth-order valence-corrected chi connectivity index (χ4v) is 2.29. The first-order valence-corrected chi connectivity index (χ1v) is 5.72. The Balaban J connectivity index is 2.53. The summed E-state index contributed by atoms with van der Waals surface area (Å²) in [6.45, 7) is 3.17. The highest BCUT2D eigenvalue weighted by Gasteiger charge is 2.00. The van der Waals surface area contributed by atoms with E-state index in [2.05, 4.69) is 32.0 Å². The third kappa shape index (κ3) is 3.60. The van der Waals surface area contributed by atoms with E-state index in [1.54, 1.807) is 0 Å². The topological polar surface area (TPSA) is 29.3 Å². The Morgan fingerprint density at radius 2 is 2.07 bits per heavy atom. The van der Waals surface area contributed by atoms with Gasteiger partial charge in [-0.15, -0.1) is 11.8 Å². The van der Waals surface area contributed by atoms with Crippen LogP contribution in [0.2, 0.25) is 0 Å². The van der Waals surface area contributed by atoms with Crippen molar-refractivity contribution < 1.29 is 0 Å². The smallest absolute Gasteiger partial charge is 0.0452 e. The highest BCUT2D eigenvalue weighted by Crippen LogP contribution is 2.25. The average Bonchev–Trinajstić information content (AvgIpc) is 2.10. The quantitative estimate of drug-likeness (QED) is 0.610. The van der Waals surface area contributed by atoms with Crippen LogP contribution in [0.5, 0.6) is 0 Å². The standard InChI is InChI=1S/C11H18N2S/c1-9-4-5-10(12)11(8-9)14-7-6-13(2)3/h4-5,8H,6-7,12H2,1-3H3. The molecule has 0 bridgehead atoms. The molecule has 1 rings (SSSR count). The molecule has 1 aromatic rings. The van der Waals surface area contributed by atoms with E-state index in [1.807, 2.05) is 23.9 Å². The minimum Gasteiger partial charge on any atom is -0.398 e. The zero-order valence-electron chi connectivity index (χ0n) is 9.08. The van der Waals surface area contributed by atoms with Crippen molar-refractivity contribution in [3.05, 3.63) is 23.8 Å². The first-order valence-electron chi connectivity index (χ1n) is 4.73. The molecular formula is C11H18N2S. The Bertz CT molecular complexity index is 297. The molecule has 1 aromatic carbocycles. The first kappa shape index (κ1) is 11.4. The van der Waals surface area contributed by atoms with Crippen molar-refractivity contribution in [3.8, 4) is 0 Å². The number of hydrogen-bond acceptors (Lipinski definition) is 3. The summed E-state index contributed by atoms with van der Waals surface area (Å²) < 4.78 is 0. The summed E-state index contributed by atoms with van der Waals surface area (Å²) in [5.74, 6) is 1.08. The molecule has 0 aliphatic heterocycles. The monoisotopic (exact) mass is 210 g/mol. The van der Waals surface area contributed by atoms with E-state index in [0.717, 1.165) is 18.0 Å². The van der Waals surface area contributed by atoms with Crippen LogP contribution in [-0.2, 0) is 0 Å². The van der Waals surface area contributed by atoms with E-state index < -0.39 is 0 Å². The molecule has 2 N–H and O–H groups in total. The molecule has 0 saturated heterocycles. The molecule has 0 aliphatic rings. The Morgan fingerprint density at radius 3 is 2.71 bits per heavy atom. The van der Waals surface area contributed by atoms with Gasteiger partial charge in [0.1, 0.15) is 0 Å². The second kappa shape index (κ2) is 5.27. The van der Waals surface area contributed by atoms with Crippen LogP contribution < -0.4 is 5.73 Å². The van der Waals surface area contributed by atoms with Gasteiger partial charge in [-0.25, -0.2) is 0 Å². The molecule has 0 saturated carbocycles. The maximum Gasteiger partial charge on any atom is 0.0452 e. The first-order chi connectivity index (χ1) is 6.59. The van der Waals surface area contributed by atoms with Gasteiger partial charge >= 0.3 is 0 Å². The molecule has 0 unspecified atom stereocenters. The summed E-state index contributed by atoms with van der Waals surface area (Å²) in [7, 11) is 4.17. The van der Waals surface area contributed by atoms with Crippen molar-refractivity contribution in [1.29, 1.82) is 0 Å². The molecule has 14 heavy (non-hydrogen) atoms. The number of nitrogen functional groups attached to an aromatic ring is 1. The Labute approximate surface area is 90.5 Å². The molecule has 2 nitrogen and oxygen atoms in total. The lowest BCUT2D eigenvalue weighted by atomic mass is 10.2. The third-order valence-electron chi connectivity index (χ3n) is 1.97. The number of nitrogens with zero attached hydrogens (tertiary/aromatic N) is 1. The highest BCUT2D eigenvalue weighted by atomic mass is 32.2. The fourth-order valence-electron chi connectivity index (χ4n) is 1.10. The number of nitrogens with two attached hydrogens (primary N) is 1. The maximum atomic E-state index is 5.87. The molecule has 0 spiro atoms. The van der Waals surface area contributed by atoms with E-state index in [0.29, 0.717) is 0 Å². The lowest BCUT2D eigenvalue weighted by Gasteiger charge is -2.10. The lowest BCUT2D eigenvalue weighted by molar-refractivity contribution is 0.437. The highest BCUT2D eigenvalue weighted by molar-refractivity contribution is 7.99. The second-order valence-corrected chi connectivity index (χ2v) is 4.83. The molecule has 78 valence electrons. The SMILES string of the molecule is Cc1ccc(N)c(SCCN(C)C)c1. The van der Waals surface area contributed by atoms with E-state index in [4.69, 9.17) is 5.73 Å². The van der Waals surface area contributed by atoms with Crippen molar-refractivity contribution in [2.75, 3.05) is 32.1 Å². The van der Waals surface area contributed by atoms with E-state index in [1.165, 1.54) is 10.5 Å². The number of benzene rings is 1. The van der Waals surface area contributed by atoms with Crippen molar-refractivity contribution in [1.82, 2.24) is 4.90 Å². The van der Waals surface area contributed by atoms with Gasteiger partial charge in [-0.2, -0.15) is 0 Å². The predicted molar refractivity (Wildman–Crippen MR) is 64.9 cm³/mol. The fraction of sp³-hybridized carbons (Fsp3) is 0.455. The lowest BCUT2D eigenvalue weighted by Crippen LogP contribution is -2.14. The molecule has 0 radical (unpaired) electrons. The molecule has 3 heteroatoms. The number of anilines is 1. The van der Waals surface area contributed by atoms with Crippen LogP contribution in [0.25, 0.3) is 0 Å². The van der Waals surface area contributed by atoms with Crippen molar-refractivity contribution in [2.45, 2.75) is 11.8 Å². The van der Waals surface area contributed by atoms with Crippen LogP contribution in [0.3, 0.4) is 0 Å². The Kier molecular flexibility index (Phi) is 4.29. The number of rotatable bonds is 4. The minimum atomic E-state index is 0.888. The van der Waals surface area contributed by atoms with Crippen LogP contribution >= 0.6 is 11.8 Å². The second-order valence-electron chi connectivity index (χ2n) is 3.69. The van der Waals surface area contributed by atoms with Gasteiger partial charge in [0.25, 0.3) is 0 Å². The summed E-state index contributed by atoms with van der Waals surface area (Å²) in [6, 6.07) is 6.17. The molecule has 0 heterocycles. The van der Waals surface area contributed by atoms with Gasteiger partial charge in [-0.3, -0.25) is 0 Å². The van der Waals surface area contributed by atoms with Crippen molar-refractivity contribution in [2.24, 2.45) is 0 Å². The zero-order valence-corrected chi connectivity index (χ0v) is 9.90. The molecule has 0 fully saturated rings. The summed E-state index contributed by atoms with van der Waals surface area (Å²) in [4.78, 5) is 3.38. The van der Waals surface area contributed by atoms with Crippen LogP contribution in [0.1, 0.15) is 5.56 Å². The Hall–Kier alpha value is -0.670. The number of thioether (sulfide) groups is 1. The van der Waals surface area contributed by atoms with E-state index in [-0.39, 0.29) is 0 Å². The molecule has 0 aromatic heterocycles. The van der Waals surface area contributed by atoms with Crippen LogP contribution in [0, 0.1) is 6.92 Å². The zero-order chi connectivity index (χ0) is 10.6. The largest absolute Gasteiger partial charge is 0.398 e. The number of aryl methyl sites for hydroxylation is 1. The van der Waals surface area contributed by atoms with Gasteiger partial charge in [-0.05, 0) is 38.7 Å². The number of hydrogen-bond donors (Lipinski definition) is 1. The van der Waals surface area contributed by atoms with Crippen LogP contribution in [0.4, 0.5) is 5.69 Å². The summed E-state index contributed by atoms with van der Waals surface area (Å²) in [5.41, 5.74) is 8.03. The van der Waals surface area contributed by atoms with E-state index >= 15 is 0 Å². The maximum absolute atomic E-state index is 5.87. The van der Waals surface area contributed by atoms with Crippen molar-refractivity contribution >= 4 is 17.4 Å². The van der Waals surface area contributed by atoms with Gasteiger partial charge < -0.3 is 10.6 Å². The molecule has 0 atom stereocenters. The minimum absolute atomic E-state index is 0.888.